The van der Waals surface area contributed by atoms with Crippen LogP contribution in [0.5, 0.6) is 0 Å². The van der Waals surface area contributed by atoms with Crippen LogP contribution < -0.4 is 0 Å². The van der Waals surface area contributed by atoms with Crippen molar-refractivity contribution in [3.8, 4) is 0 Å². The first-order valence-corrected chi connectivity index (χ1v) is 17.2. The van der Waals surface area contributed by atoms with Gasteiger partial charge in [-0.15, -0.1) is 0 Å². The van der Waals surface area contributed by atoms with Crippen molar-refractivity contribution in [1.82, 2.24) is 8.87 Å². The Balaban J connectivity index is 1.35. The van der Waals surface area contributed by atoms with Crippen LogP contribution in [0.3, 0.4) is 0 Å². The molecule has 0 saturated carbocycles. The summed E-state index contributed by atoms with van der Waals surface area (Å²) >= 11 is 3.22. The largest absolute Gasteiger partial charge is 0.332 e. The van der Waals surface area contributed by atoms with Gasteiger partial charge in [0.15, 0.2) is 0 Å². The monoisotopic (exact) mass is 610 g/mol. The van der Waals surface area contributed by atoms with Crippen molar-refractivity contribution in [3.63, 3.8) is 0 Å². The number of fused-ring (bicyclic) bond motifs is 5. The second-order valence-electron chi connectivity index (χ2n) is 10.8. The van der Waals surface area contributed by atoms with E-state index in [1.807, 2.05) is 84.6 Å². The van der Waals surface area contributed by atoms with Crippen LogP contribution in [0.15, 0.2) is 124 Å². The molecule has 1 atom stereocenters. The fourth-order valence-corrected chi connectivity index (χ4v) is 10.8. The molecule has 1 saturated heterocycles. The molecular weight excluding hydrogens is 581 g/mol. The average Bonchev–Trinajstić information content (AvgIpc) is 3.36. The van der Waals surface area contributed by atoms with E-state index >= 15 is 0 Å². The van der Waals surface area contributed by atoms with Gasteiger partial charge in [-0.3, -0.25) is 4.79 Å². The van der Waals surface area contributed by atoms with Crippen LogP contribution in [0.4, 0.5) is 0 Å². The van der Waals surface area contributed by atoms with Crippen LogP contribution >= 0.6 is 23.5 Å². The number of carbonyl (C=O) groups is 1. The normalized spacial score (nSPS) is 18.1. The second kappa shape index (κ2) is 10.7. The maximum Gasteiger partial charge on any atom is 0.268 e. The summed E-state index contributed by atoms with van der Waals surface area (Å²) in [6.07, 6.45) is 1.88. The van der Waals surface area contributed by atoms with Gasteiger partial charge in [-0.25, -0.2) is 12.4 Å². The van der Waals surface area contributed by atoms with E-state index in [1.165, 1.54) is 3.97 Å². The summed E-state index contributed by atoms with van der Waals surface area (Å²) < 4.78 is 29.4. The highest BCUT2D eigenvalue weighted by molar-refractivity contribution is 8.19. The van der Waals surface area contributed by atoms with Gasteiger partial charge in [0.05, 0.1) is 22.1 Å². The predicted molar refractivity (Wildman–Crippen MR) is 170 cm³/mol. The van der Waals surface area contributed by atoms with E-state index < -0.39 is 14.1 Å². The Kier molecular flexibility index (Phi) is 6.95. The van der Waals surface area contributed by atoms with Crippen molar-refractivity contribution < 1.29 is 13.2 Å². The molecule has 42 heavy (non-hydrogen) atoms. The molecule has 3 heterocycles. The third kappa shape index (κ3) is 4.57. The number of carbonyl (C=O) groups excluding carboxylic acids is 1. The van der Waals surface area contributed by atoms with E-state index in [9.17, 15) is 13.2 Å². The van der Waals surface area contributed by atoms with Gasteiger partial charge in [0.25, 0.3) is 10.0 Å². The van der Waals surface area contributed by atoms with E-state index in [-0.39, 0.29) is 16.8 Å². The summed E-state index contributed by atoms with van der Waals surface area (Å²) in [5.74, 6) is 0.0525. The van der Waals surface area contributed by atoms with Crippen LogP contribution in [0.1, 0.15) is 35.7 Å². The van der Waals surface area contributed by atoms with Gasteiger partial charge >= 0.3 is 0 Å². The predicted octanol–water partition coefficient (Wildman–Crippen LogP) is 7.69. The lowest BCUT2D eigenvalue weighted by molar-refractivity contribution is -0.137. The molecule has 5 nitrogen and oxygen atoms in total. The molecule has 0 N–H and O–H groups in total. The molecule has 2 aliphatic heterocycles. The molecule has 212 valence electrons. The van der Waals surface area contributed by atoms with E-state index in [0.29, 0.717) is 31.3 Å². The first kappa shape index (κ1) is 27.4. The number of hydrogen-bond acceptors (Lipinski definition) is 5. The van der Waals surface area contributed by atoms with Crippen molar-refractivity contribution in [2.24, 2.45) is 0 Å². The Bertz CT molecular complexity index is 1840. The number of piperidine rings is 1. The number of aryl methyl sites for hydroxylation is 1. The quantitative estimate of drug-likeness (QED) is 0.185. The number of amides is 1. The van der Waals surface area contributed by atoms with Gasteiger partial charge in [0.2, 0.25) is 5.91 Å². The van der Waals surface area contributed by atoms with Gasteiger partial charge in [-0.05, 0) is 74.2 Å². The SMILES string of the molecule is Cc1ccc(S(=O)(=O)n2c3c(c4ccccc42)CCN2C(=O)C(Sc4ccccc4)(Sc4ccccc4)CCC32)cc1. The summed E-state index contributed by atoms with van der Waals surface area (Å²) in [4.78, 5) is 19.0. The molecule has 5 aromatic rings. The molecule has 4 aromatic carbocycles. The first-order chi connectivity index (χ1) is 20.4. The van der Waals surface area contributed by atoms with Gasteiger partial charge in [0, 0.05) is 21.7 Å². The lowest BCUT2D eigenvalue weighted by atomic mass is 9.90. The van der Waals surface area contributed by atoms with Crippen molar-refractivity contribution in [1.29, 1.82) is 0 Å². The molecule has 8 heteroatoms. The van der Waals surface area contributed by atoms with Gasteiger partial charge in [0.1, 0.15) is 4.08 Å². The van der Waals surface area contributed by atoms with Crippen LogP contribution in [-0.2, 0) is 21.2 Å². The highest BCUT2D eigenvalue weighted by Crippen LogP contribution is 2.56. The lowest BCUT2D eigenvalue weighted by Crippen LogP contribution is -2.53. The van der Waals surface area contributed by atoms with Crippen molar-refractivity contribution in [2.45, 2.75) is 51.0 Å². The summed E-state index contributed by atoms with van der Waals surface area (Å²) in [7, 11) is -3.91. The third-order valence-electron chi connectivity index (χ3n) is 8.22. The Hall–Kier alpha value is -3.46. The molecule has 1 unspecified atom stereocenters. The van der Waals surface area contributed by atoms with Crippen LogP contribution in [0.25, 0.3) is 10.9 Å². The molecule has 0 aliphatic carbocycles. The van der Waals surface area contributed by atoms with Crippen LogP contribution in [0, 0.1) is 6.92 Å². The van der Waals surface area contributed by atoms with Gasteiger partial charge in [-0.1, -0.05) is 95.8 Å². The number of thioether (sulfide) groups is 2. The zero-order valence-electron chi connectivity index (χ0n) is 23.1. The minimum atomic E-state index is -3.91. The summed E-state index contributed by atoms with van der Waals surface area (Å²) in [5.41, 5.74) is 3.45. The minimum Gasteiger partial charge on any atom is -0.332 e. The second-order valence-corrected chi connectivity index (χ2v) is 15.6. The third-order valence-corrected chi connectivity index (χ3v) is 12.9. The average molecular weight is 611 g/mol. The van der Waals surface area contributed by atoms with E-state index in [0.717, 1.165) is 32.0 Å². The number of hydrogen-bond donors (Lipinski definition) is 0. The number of aromatic nitrogens is 1. The number of rotatable bonds is 6. The van der Waals surface area contributed by atoms with E-state index in [2.05, 4.69) is 24.3 Å². The highest BCUT2D eigenvalue weighted by atomic mass is 32.2. The van der Waals surface area contributed by atoms with E-state index in [1.54, 1.807) is 35.7 Å². The Morgan fingerprint density at radius 1 is 0.786 bits per heavy atom. The number of para-hydroxylation sites is 1. The standard InChI is InChI=1S/C34H30N2O3S3/c1-24-16-18-27(19-17-24)42(38,39)36-30-15-9-8-14-28(30)29-21-23-35-31(32(29)36)20-22-34(33(35)37,40-25-10-4-2-5-11-25)41-26-12-6-3-7-13-26/h2-19,31H,20-23H2,1H3. The van der Waals surface area contributed by atoms with E-state index in [4.69, 9.17) is 0 Å². The minimum absolute atomic E-state index is 0.0525. The molecule has 1 amide bonds. The topological polar surface area (TPSA) is 59.4 Å². The summed E-state index contributed by atoms with van der Waals surface area (Å²) in [5, 5.41) is 0.949. The summed E-state index contributed by atoms with van der Waals surface area (Å²) in [6.45, 7) is 2.50. The lowest BCUT2D eigenvalue weighted by Gasteiger charge is -2.47. The fourth-order valence-electron chi connectivity index (χ4n) is 6.26. The molecule has 7 rings (SSSR count). The van der Waals surface area contributed by atoms with Gasteiger partial charge in [-0.2, -0.15) is 0 Å². The molecule has 0 spiro atoms. The maximum atomic E-state index is 14.7. The van der Waals surface area contributed by atoms with Crippen LogP contribution in [-0.4, -0.2) is 33.8 Å². The maximum absolute atomic E-state index is 14.7. The number of benzene rings is 4. The van der Waals surface area contributed by atoms with Crippen molar-refractivity contribution >= 4 is 50.4 Å². The van der Waals surface area contributed by atoms with Crippen molar-refractivity contribution in [3.05, 3.63) is 126 Å². The molecule has 2 aliphatic rings. The Morgan fingerprint density at radius 3 is 2.02 bits per heavy atom. The fraction of sp³-hybridized carbons (Fsp3) is 0.206. The molecule has 0 radical (unpaired) electrons. The number of nitrogens with zero attached hydrogens (tertiary/aromatic N) is 2. The molecule has 0 bridgehead atoms. The van der Waals surface area contributed by atoms with Crippen LogP contribution in [0.2, 0.25) is 0 Å². The first-order valence-electron chi connectivity index (χ1n) is 14.1. The highest BCUT2D eigenvalue weighted by Gasteiger charge is 2.52. The Labute approximate surface area is 255 Å². The Morgan fingerprint density at radius 2 is 1.38 bits per heavy atom. The molecular formula is C34H30N2O3S3. The van der Waals surface area contributed by atoms with Gasteiger partial charge < -0.3 is 4.90 Å². The zero-order chi connectivity index (χ0) is 28.9. The van der Waals surface area contributed by atoms with Crippen molar-refractivity contribution in [2.75, 3.05) is 6.54 Å². The molecule has 1 fully saturated rings. The summed E-state index contributed by atoms with van der Waals surface area (Å²) in [6, 6.07) is 34.6. The zero-order valence-corrected chi connectivity index (χ0v) is 25.6. The molecule has 1 aromatic heterocycles. The smallest absolute Gasteiger partial charge is 0.268 e.